The molecule has 1 unspecified atom stereocenters. The van der Waals surface area contributed by atoms with Crippen molar-refractivity contribution in [1.82, 2.24) is 19.6 Å². The third-order valence-electron chi connectivity index (χ3n) is 4.71. The fourth-order valence-corrected chi connectivity index (χ4v) is 3.23. The maximum atomic E-state index is 10.6. The van der Waals surface area contributed by atoms with Gasteiger partial charge in [0.05, 0.1) is 23.3 Å². The molecule has 4 rings (SSSR count). The third-order valence-corrected chi connectivity index (χ3v) is 4.71. The molecule has 0 saturated heterocycles. The Balaban J connectivity index is 1.89. The summed E-state index contributed by atoms with van der Waals surface area (Å²) in [6.07, 6.45) is -4.13. The van der Waals surface area contributed by atoms with E-state index < -0.39 is 24.9 Å². The van der Waals surface area contributed by atoms with Crippen LogP contribution in [0.25, 0.3) is 16.7 Å². The number of hydrogen-bond acceptors (Lipinski definition) is 7. The van der Waals surface area contributed by atoms with Gasteiger partial charge in [0.15, 0.2) is 11.5 Å². The summed E-state index contributed by atoms with van der Waals surface area (Å²) in [6, 6.07) is 17.1. The molecule has 0 aliphatic heterocycles. The van der Waals surface area contributed by atoms with Crippen molar-refractivity contribution in [3.05, 3.63) is 71.7 Å². The molecule has 4 aromatic rings. The van der Waals surface area contributed by atoms with Crippen LogP contribution in [0.4, 0.5) is 0 Å². The first-order valence-electron chi connectivity index (χ1n) is 8.91. The van der Waals surface area contributed by atoms with Crippen molar-refractivity contribution in [3.8, 4) is 0 Å². The van der Waals surface area contributed by atoms with Gasteiger partial charge in [-0.2, -0.15) is 0 Å². The van der Waals surface area contributed by atoms with Crippen molar-refractivity contribution in [1.29, 1.82) is 0 Å². The SMILES string of the molecule is OC[C@@H](O)[C@H](O)C(O)c1nnc2c(Cc3ccccc3)nc3ccccc3n12. The molecule has 3 atom stereocenters. The molecule has 4 N–H and O–H groups in total. The molecule has 8 nitrogen and oxygen atoms in total. The lowest BCUT2D eigenvalue weighted by Crippen LogP contribution is -2.35. The smallest absolute Gasteiger partial charge is 0.183 e. The van der Waals surface area contributed by atoms with Crippen molar-refractivity contribution in [2.75, 3.05) is 6.61 Å². The first kappa shape index (κ1) is 18.5. The van der Waals surface area contributed by atoms with E-state index in [0.717, 1.165) is 5.56 Å². The number of aliphatic hydroxyl groups is 4. The highest BCUT2D eigenvalue weighted by molar-refractivity contribution is 5.78. The number of rotatable bonds is 6. The molecule has 8 heteroatoms. The van der Waals surface area contributed by atoms with Gasteiger partial charge in [0.25, 0.3) is 0 Å². The molecule has 0 aliphatic rings. The molecule has 144 valence electrons. The standard InChI is InChI=1S/C20H20N4O4/c25-11-16(26)17(27)18(28)20-23-22-19-14(10-12-6-2-1-3-7-12)21-13-8-4-5-9-15(13)24(19)20/h1-9,16-18,25-28H,10-11H2/t16-,17+,18?/m1/s1. The van der Waals surface area contributed by atoms with Crippen LogP contribution in [0, 0.1) is 0 Å². The van der Waals surface area contributed by atoms with Crippen molar-refractivity contribution >= 4 is 16.7 Å². The predicted molar refractivity (Wildman–Crippen MR) is 102 cm³/mol. The Morgan fingerprint density at radius 1 is 0.893 bits per heavy atom. The van der Waals surface area contributed by atoms with Gasteiger partial charge in [0, 0.05) is 6.42 Å². The van der Waals surface area contributed by atoms with Crippen LogP contribution >= 0.6 is 0 Å². The first-order valence-corrected chi connectivity index (χ1v) is 8.91. The van der Waals surface area contributed by atoms with E-state index in [1.807, 2.05) is 54.6 Å². The molecule has 0 amide bonds. The van der Waals surface area contributed by atoms with E-state index in [1.165, 1.54) is 0 Å². The number of hydrogen-bond donors (Lipinski definition) is 4. The summed E-state index contributed by atoms with van der Waals surface area (Å²) in [6.45, 7) is -0.684. The van der Waals surface area contributed by atoms with Gasteiger partial charge >= 0.3 is 0 Å². The molecule has 2 aromatic heterocycles. The number of nitrogens with zero attached hydrogens (tertiary/aromatic N) is 4. The van der Waals surface area contributed by atoms with Crippen LogP contribution in [0.15, 0.2) is 54.6 Å². The molecule has 0 spiro atoms. The minimum absolute atomic E-state index is 0.0721. The third kappa shape index (κ3) is 3.23. The van der Waals surface area contributed by atoms with Crippen LogP contribution in [-0.2, 0) is 6.42 Å². The second-order valence-corrected chi connectivity index (χ2v) is 6.61. The van der Waals surface area contributed by atoms with Gasteiger partial charge < -0.3 is 20.4 Å². The monoisotopic (exact) mass is 380 g/mol. The summed E-state index contributed by atoms with van der Waals surface area (Å²) in [7, 11) is 0. The summed E-state index contributed by atoms with van der Waals surface area (Å²) in [5, 5.41) is 47.7. The molecular weight excluding hydrogens is 360 g/mol. The normalized spacial score (nSPS) is 15.0. The Morgan fingerprint density at radius 3 is 2.36 bits per heavy atom. The molecule has 0 fully saturated rings. The van der Waals surface area contributed by atoms with Crippen LogP contribution < -0.4 is 0 Å². The lowest BCUT2D eigenvalue weighted by molar-refractivity contribution is -0.0805. The predicted octanol–water partition coefficient (Wildman–Crippen LogP) is 0.616. The van der Waals surface area contributed by atoms with E-state index >= 15 is 0 Å². The molecule has 0 bridgehead atoms. The minimum Gasteiger partial charge on any atom is -0.394 e. The molecule has 0 radical (unpaired) electrons. The number of fused-ring (bicyclic) bond motifs is 3. The zero-order valence-corrected chi connectivity index (χ0v) is 14.9. The Kier molecular flexibility index (Phi) is 5.01. The minimum atomic E-state index is -1.61. The van der Waals surface area contributed by atoms with Gasteiger partial charge in [-0.05, 0) is 17.7 Å². The van der Waals surface area contributed by atoms with Crippen LogP contribution in [0.3, 0.4) is 0 Å². The fraction of sp³-hybridized carbons (Fsp3) is 0.250. The van der Waals surface area contributed by atoms with Gasteiger partial charge in [-0.1, -0.05) is 42.5 Å². The molecule has 0 aliphatic carbocycles. The maximum absolute atomic E-state index is 10.6. The Bertz CT molecular complexity index is 1100. The van der Waals surface area contributed by atoms with Gasteiger partial charge in [-0.3, -0.25) is 4.40 Å². The number of aromatic nitrogens is 4. The highest BCUT2D eigenvalue weighted by atomic mass is 16.4. The zero-order valence-electron chi connectivity index (χ0n) is 14.9. The number of para-hydroxylation sites is 2. The van der Waals surface area contributed by atoms with Crippen LogP contribution in [-0.4, -0.2) is 58.8 Å². The van der Waals surface area contributed by atoms with E-state index in [2.05, 4.69) is 10.2 Å². The van der Waals surface area contributed by atoms with E-state index in [9.17, 15) is 15.3 Å². The molecule has 2 heterocycles. The molecule has 2 aromatic carbocycles. The summed E-state index contributed by atoms with van der Waals surface area (Å²) < 4.78 is 1.64. The first-order chi connectivity index (χ1) is 13.6. The van der Waals surface area contributed by atoms with E-state index in [-0.39, 0.29) is 5.82 Å². The molecule has 28 heavy (non-hydrogen) atoms. The lowest BCUT2D eigenvalue weighted by Gasteiger charge is -2.20. The van der Waals surface area contributed by atoms with Gasteiger partial charge in [0.1, 0.15) is 18.3 Å². The lowest BCUT2D eigenvalue weighted by atomic mass is 10.1. The van der Waals surface area contributed by atoms with Gasteiger partial charge in [-0.15, -0.1) is 10.2 Å². The van der Waals surface area contributed by atoms with Crippen LogP contribution in [0.5, 0.6) is 0 Å². The highest BCUT2D eigenvalue weighted by Crippen LogP contribution is 2.25. The highest BCUT2D eigenvalue weighted by Gasteiger charge is 2.30. The topological polar surface area (TPSA) is 124 Å². The summed E-state index contributed by atoms with van der Waals surface area (Å²) in [5.41, 5.74) is 3.54. The summed E-state index contributed by atoms with van der Waals surface area (Å²) in [4.78, 5) is 4.71. The Hall–Kier alpha value is -2.91. The quantitative estimate of drug-likeness (QED) is 0.386. The van der Waals surface area contributed by atoms with Crippen LogP contribution in [0.1, 0.15) is 23.2 Å². The maximum Gasteiger partial charge on any atom is 0.183 e. The van der Waals surface area contributed by atoms with Gasteiger partial charge in [0.2, 0.25) is 0 Å². The Labute approximate surface area is 160 Å². The largest absolute Gasteiger partial charge is 0.394 e. The summed E-state index contributed by atoms with van der Waals surface area (Å²) in [5.74, 6) is 0.0721. The second kappa shape index (κ2) is 7.61. The van der Waals surface area contributed by atoms with Crippen LogP contribution in [0.2, 0.25) is 0 Å². The van der Waals surface area contributed by atoms with Crippen molar-refractivity contribution < 1.29 is 20.4 Å². The number of aliphatic hydroxyl groups excluding tert-OH is 4. The second-order valence-electron chi connectivity index (χ2n) is 6.61. The summed E-state index contributed by atoms with van der Waals surface area (Å²) >= 11 is 0. The van der Waals surface area contributed by atoms with Crippen molar-refractivity contribution in [2.24, 2.45) is 0 Å². The molecule has 0 saturated carbocycles. The van der Waals surface area contributed by atoms with Crippen molar-refractivity contribution in [2.45, 2.75) is 24.7 Å². The average molecular weight is 380 g/mol. The van der Waals surface area contributed by atoms with E-state index in [0.29, 0.717) is 28.8 Å². The zero-order chi connectivity index (χ0) is 19.7. The van der Waals surface area contributed by atoms with Gasteiger partial charge in [-0.25, -0.2) is 4.98 Å². The molecular formula is C20H20N4O4. The Morgan fingerprint density at radius 2 is 1.61 bits per heavy atom. The van der Waals surface area contributed by atoms with E-state index in [4.69, 9.17) is 10.1 Å². The fourth-order valence-electron chi connectivity index (χ4n) is 3.23. The van der Waals surface area contributed by atoms with E-state index in [1.54, 1.807) is 4.40 Å². The average Bonchev–Trinajstić information content (AvgIpc) is 3.18. The number of benzene rings is 2. The van der Waals surface area contributed by atoms with Crippen molar-refractivity contribution in [3.63, 3.8) is 0 Å².